The van der Waals surface area contributed by atoms with Crippen LogP contribution < -0.4 is 0 Å². The molecule has 1 aliphatic carbocycles. The zero-order chi connectivity index (χ0) is 17.6. The Morgan fingerprint density at radius 2 is 1.80 bits per heavy atom. The molecule has 2 atom stereocenters. The fourth-order valence-electron chi connectivity index (χ4n) is 4.64. The largest absolute Gasteiger partial charge is 0.296 e. The predicted octanol–water partition coefficient (Wildman–Crippen LogP) is 1.96. The number of aromatic nitrogens is 1. The monoisotopic (exact) mass is 383 g/mol. The van der Waals surface area contributed by atoms with Crippen molar-refractivity contribution in [2.24, 2.45) is 5.92 Å². The van der Waals surface area contributed by atoms with Gasteiger partial charge in [0, 0.05) is 36.6 Å². The normalized spacial score (nSPS) is 29.7. The van der Waals surface area contributed by atoms with Gasteiger partial charge in [-0.05, 0) is 31.6 Å². The topological polar surface area (TPSA) is 53.5 Å². The summed E-state index contributed by atoms with van der Waals surface area (Å²) in [7, 11) is -2.93. The summed E-state index contributed by atoms with van der Waals surface area (Å²) in [5.74, 6) is 1.22. The zero-order valence-corrected chi connectivity index (χ0v) is 16.9. The van der Waals surface area contributed by atoms with Crippen LogP contribution in [0.2, 0.25) is 0 Å². The van der Waals surface area contributed by atoms with Gasteiger partial charge in [0.1, 0.15) is 5.01 Å². The number of sulfone groups is 1. The van der Waals surface area contributed by atoms with Gasteiger partial charge in [-0.3, -0.25) is 9.80 Å². The Balaban J connectivity index is 1.51. The SMILES string of the molecule is CC(C)CN1CCN(Cc2nc3c(s2)CCCC3)[C@H]2CS(=O)(=O)C[C@H]21. The number of fused-ring (bicyclic) bond motifs is 2. The van der Waals surface area contributed by atoms with Crippen molar-refractivity contribution in [2.75, 3.05) is 31.1 Å². The molecule has 2 saturated heterocycles. The fraction of sp³-hybridized carbons (Fsp3) is 0.833. The zero-order valence-electron chi connectivity index (χ0n) is 15.3. The molecule has 4 rings (SSSR count). The van der Waals surface area contributed by atoms with Crippen molar-refractivity contribution in [3.63, 3.8) is 0 Å². The molecule has 1 aromatic heterocycles. The van der Waals surface area contributed by atoms with Gasteiger partial charge in [-0.1, -0.05) is 13.8 Å². The van der Waals surface area contributed by atoms with E-state index in [0.717, 1.165) is 32.6 Å². The lowest BCUT2D eigenvalue weighted by molar-refractivity contribution is 0.0337. The van der Waals surface area contributed by atoms with E-state index < -0.39 is 9.84 Å². The molecule has 2 fully saturated rings. The highest BCUT2D eigenvalue weighted by Crippen LogP contribution is 2.31. The van der Waals surface area contributed by atoms with Gasteiger partial charge in [0.25, 0.3) is 0 Å². The van der Waals surface area contributed by atoms with E-state index in [1.807, 2.05) is 11.3 Å². The summed E-state index contributed by atoms with van der Waals surface area (Å²) in [6.45, 7) is 8.17. The second-order valence-electron chi connectivity index (χ2n) is 8.26. The Hall–Kier alpha value is -0.500. The molecule has 3 heterocycles. The molecule has 0 unspecified atom stereocenters. The van der Waals surface area contributed by atoms with Crippen LogP contribution in [-0.2, 0) is 29.2 Å². The lowest BCUT2D eigenvalue weighted by Gasteiger charge is -2.44. The first kappa shape index (κ1) is 17.9. The predicted molar refractivity (Wildman–Crippen MR) is 102 cm³/mol. The molecule has 140 valence electrons. The van der Waals surface area contributed by atoms with Gasteiger partial charge in [0.2, 0.25) is 0 Å². The van der Waals surface area contributed by atoms with E-state index in [1.165, 1.54) is 34.8 Å². The molecular formula is C18H29N3O2S2. The third kappa shape index (κ3) is 3.80. The van der Waals surface area contributed by atoms with Crippen LogP contribution in [0.15, 0.2) is 0 Å². The maximum absolute atomic E-state index is 12.3. The van der Waals surface area contributed by atoms with Crippen molar-refractivity contribution in [2.45, 2.75) is 58.2 Å². The number of thiazole rings is 1. The van der Waals surface area contributed by atoms with Crippen LogP contribution in [-0.4, -0.2) is 66.4 Å². The quantitative estimate of drug-likeness (QED) is 0.796. The van der Waals surface area contributed by atoms with Crippen LogP contribution in [0.25, 0.3) is 0 Å². The van der Waals surface area contributed by atoms with Crippen molar-refractivity contribution < 1.29 is 8.42 Å². The second-order valence-corrected chi connectivity index (χ2v) is 11.6. The first-order chi connectivity index (χ1) is 11.9. The van der Waals surface area contributed by atoms with Crippen LogP contribution in [0.5, 0.6) is 0 Å². The van der Waals surface area contributed by atoms with E-state index in [-0.39, 0.29) is 12.1 Å². The van der Waals surface area contributed by atoms with E-state index in [0.29, 0.717) is 17.4 Å². The molecular weight excluding hydrogens is 354 g/mol. The van der Waals surface area contributed by atoms with Crippen molar-refractivity contribution >= 4 is 21.2 Å². The summed E-state index contributed by atoms with van der Waals surface area (Å²) >= 11 is 1.86. The van der Waals surface area contributed by atoms with Crippen molar-refractivity contribution in [1.29, 1.82) is 0 Å². The first-order valence-electron chi connectivity index (χ1n) is 9.57. The Morgan fingerprint density at radius 3 is 2.52 bits per heavy atom. The molecule has 0 N–H and O–H groups in total. The molecule has 25 heavy (non-hydrogen) atoms. The molecule has 0 amide bonds. The maximum Gasteiger partial charge on any atom is 0.153 e. The molecule has 1 aromatic rings. The van der Waals surface area contributed by atoms with E-state index >= 15 is 0 Å². The summed E-state index contributed by atoms with van der Waals surface area (Å²) in [4.78, 5) is 11.2. The van der Waals surface area contributed by atoms with E-state index in [9.17, 15) is 8.42 Å². The smallest absolute Gasteiger partial charge is 0.153 e. The summed E-state index contributed by atoms with van der Waals surface area (Å²) < 4.78 is 24.6. The standard InChI is InChI=1S/C18H29N3O2S2/c1-13(2)9-20-7-8-21(16-12-25(22,23)11-15(16)20)10-18-19-14-5-3-4-6-17(14)24-18/h13,15-16H,3-12H2,1-2H3/t15-,16+/m1/s1. The van der Waals surface area contributed by atoms with Gasteiger partial charge in [0.05, 0.1) is 23.7 Å². The highest BCUT2D eigenvalue weighted by Gasteiger charge is 2.46. The van der Waals surface area contributed by atoms with Gasteiger partial charge in [-0.2, -0.15) is 0 Å². The minimum atomic E-state index is -2.93. The van der Waals surface area contributed by atoms with Gasteiger partial charge >= 0.3 is 0 Å². The van der Waals surface area contributed by atoms with Crippen LogP contribution in [0.1, 0.15) is 42.3 Å². The highest BCUT2D eigenvalue weighted by atomic mass is 32.2. The lowest BCUT2D eigenvalue weighted by atomic mass is 10.0. The molecule has 7 heteroatoms. The molecule has 2 aliphatic heterocycles. The summed E-state index contributed by atoms with van der Waals surface area (Å²) in [6, 6.07) is 0.300. The second kappa shape index (κ2) is 6.91. The van der Waals surface area contributed by atoms with Crippen LogP contribution in [0.3, 0.4) is 0 Å². The lowest BCUT2D eigenvalue weighted by Crippen LogP contribution is -2.59. The number of nitrogens with zero attached hydrogens (tertiary/aromatic N) is 3. The molecule has 0 aromatic carbocycles. The Bertz CT molecular complexity index is 705. The van der Waals surface area contributed by atoms with Crippen LogP contribution in [0.4, 0.5) is 0 Å². The number of hydrogen-bond donors (Lipinski definition) is 0. The van der Waals surface area contributed by atoms with E-state index in [4.69, 9.17) is 4.98 Å². The number of aryl methyl sites for hydroxylation is 2. The Labute approximate surface area is 155 Å². The summed E-state index contributed by atoms with van der Waals surface area (Å²) in [5, 5.41) is 1.19. The summed E-state index contributed by atoms with van der Waals surface area (Å²) in [5.41, 5.74) is 1.31. The highest BCUT2D eigenvalue weighted by molar-refractivity contribution is 7.91. The van der Waals surface area contributed by atoms with Gasteiger partial charge in [0.15, 0.2) is 9.84 Å². The maximum atomic E-state index is 12.3. The molecule has 0 bridgehead atoms. The van der Waals surface area contributed by atoms with E-state index in [1.54, 1.807) is 0 Å². The third-order valence-electron chi connectivity index (χ3n) is 5.73. The van der Waals surface area contributed by atoms with Gasteiger partial charge < -0.3 is 0 Å². The van der Waals surface area contributed by atoms with E-state index in [2.05, 4.69) is 23.6 Å². The Morgan fingerprint density at radius 1 is 1.12 bits per heavy atom. The number of rotatable bonds is 4. The number of hydrogen-bond acceptors (Lipinski definition) is 6. The molecule has 3 aliphatic rings. The minimum absolute atomic E-state index is 0.137. The molecule has 0 spiro atoms. The van der Waals surface area contributed by atoms with Crippen molar-refractivity contribution in [3.8, 4) is 0 Å². The molecule has 0 saturated carbocycles. The minimum Gasteiger partial charge on any atom is -0.296 e. The average molecular weight is 384 g/mol. The molecule has 5 nitrogen and oxygen atoms in total. The third-order valence-corrected chi connectivity index (χ3v) is 8.57. The van der Waals surface area contributed by atoms with Gasteiger partial charge in [-0.15, -0.1) is 11.3 Å². The van der Waals surface area contributed by atoms with Crippen LogP contribution >= 0.6 is 11.3 Å². The first-order valence-corrected chi connectivity index (χ1v) is 12.2. The summed E-state index contributed by atoms with van der Waals surface area (Å²) in [6.07, 6.45) is 4.84. The fourth-order valence-corrected chi connectivity index (χ4v) is 7.86. The van der Waals surface area contributed by atoms with Crippen molar-refractivity contribution in [3.05, 3.63) is 15.6 Å². The van der Waals surface area contributed by atoms with Gasteiger partial charge in [-0.25, -0.2) is 13.4 Å². The Kier molecular flexibility index (Phi) is 4.94. The average Bonchev–Trinajstić information content (AvgIpc) is 3.08. The molecule has 0 radical (unpaired) electrons. The number of piperazine rings is 1. The van der Waals surface area contributed by atoms with Crippen LogP contribution in [0, 0.1) is 5.92 Å². The van der Waals surface area contributed by atoms with Crippen molar-refractivity contribution in [1.82, 2.24) is 14.8 Å².